The monoisotopic (exact) mass is 2010 g/mol. The average Bonchev–Trinajstić information content (AvgIpc) is 1.58. The van der Waals surface area contributed by atoms with E-state index in [4.69, 9.17) is 18.0 Å². The molecule has 0 N–H and O–H groups in total. The van der Waals surface area contributed by atoms with Crippen LogP contribution in [-0.4, -0.2) is 177 Å². The van der Waals surface area contributed by atoms with E-state index in [9.17, 15) is 53.3 Å². The number of hydrogen-bond donors (Lipinski definition) is 0. The molecule has 1 aliphatic carbocycles. The zero-order valence-electron chi connectivity index (χ0n) is 78.1. The predicted molar refractivity (Wildman–Crippen MR) is 533 cm³/mol. The predicted octanol–water partition coefficient (Wildman–Crippen LogP) is 9.40. The topological polar surface area (TPSA) is 299 Å². The Kier molecular flexibility index (Phi) is 44.3. The Balaban J connectivity index is 0.000000395. The zero-order valence-corrected chi connectivity index (χ0v) is 89.0. The van der Waals surface area contributed by atoms with E-state index in [1.807, 2.05) is 84.8 Å². The molecule has 0 unspecified atom stereocenters. The van der Waals surface area contributed by atoms with Crippen LogP contribution < -0.4 is 117 Å². The summed E-state index contributed by atoms with van der Waals surface area (Å²) in [5.74, 6) is -1.55. The van der Waals surface area contributed by atoms with E-state index in [1.165, 1.54) is 133 Å². The molecule has 2 aromatic heterocycles. The van der Waals surface area contributed by atoms with Gasteiger partial charge in [0, 0.05) is 121 Å². The Labute approximate surface area is 890 Å². The number of amides is 2. The molecule has 0 spiro atoms. The van der Waals surface area contributed by atoms with Crippen molar-refractivity contribution >= 4 is 146 Å². The van der Waals surface area contributed by atoms with Crippen molar-refractivity contribution in [1.29, 1.82) is 0 Å². The third kappa shape index (κ3) is 29.6. The fraction of sp³-hybridized carbons (Fsp3) is 0.379. The fourth-order valence-corrected chi connectivity index (χ4v) is 21.7. The maximum absolute atomic E-state index is 12.5. The van der Waals surface area contributed by atoms with Crippen LogP contribution in [0.15, 0.2) is 259 Å². The molecule has 0 saturated carbocycles. The molecule has 137 heavy (non-hydrogen) atoms. The molecule has 9 aromatic rings. The number of anilines is 3. The van der Waals surface area contributed by atoms with Crippen molar-refractivity contribution in [2.45, 2.75) is 191 Å². The van der Waals surface area contributed by atoms with Crippen LogP contribution in [0.4, 0.5) is 22.7 Å². The van der Waals surface area contributed by atoms with Gasteiger partial charge in [-0.25, -0.2) is 34.6 Å². The number of ether oxygens (including phenoxy) is 1. The number of aromatic nitrogens is 2. The second kappa shape index (κ2) is 51.4. The van der Waals surface area contributed by atoms with Gasteiger partial charge < -0.3 is 46.9 Å². The molecule has 0 radical (unpaired) electrons. The van der Waals surface area contributed by atoms with Crippen molar-refractivity contribution < 1.29 is 183 Å². The van der Waals surface area contributed by atoms with Crippen LogP contribution in [0.25, 0.3) is 34.0 Å². The van der Waals surface area contributed by atoms with Crippen LogP contribution in [0.2, 0.25) is 0 Å². The summed E-state index contributed by atoms with van der Waals surface area (Å²) in [6, 6.07) is 58.0. The van der Waals surface area contributed by atoms with E-state index in [2.05, 4.69) is 219 Å². The van der Waals surface area contributed by atoms with Crippen molar-refractivity contribution in [3.63, 3.8) is 0 Å². The van der Waals surface area contributed by atoms with Gasteiger partial charge in [0.15, 0.2) is 31.2 Å². The van der Waals surface area contributed by atoms with E-state index in [0.29, 0.717) is 80.1 Å². The van der Waals surface area contributed by atoms with Crippen LogP contribution in [0, 0.1) is 6.07 Å². The summed E-state index contributed by atoms with van der Waals surface area (Å²) in [5.41, 5.74) is 12.9. The van der Waals surface area contributed by atoms with Crippen molar-refractivity contribution in [1.82, 2.24) is 5.06 Å². The minimum atomic E-state index is -4.80. The number of carbonyl (C=O) groups excluding carboxylic acids is 3. The number of hydroxylamine groups is 2. The van der Waals surface area contributed by atoms with Crippen LogP contribution in [0.1, 0.15) is 170 Å². The number of unbranched alkanes of at least 4 members (excludes halogenated alkanes) is 3. The Morgan fingerprint density at radius 2 is 1.07 bits per heavy atom. The number of rotatable bonds is 33. The molecule has 34 heteroatoms. The number of allylic oxidation sites excluding steroid dienone is 7. The van der Waals surface area contributed by atoms with Crippen LogP contribution in [-0.2, 0) is 85.1 Å². The van der Waals surface area contributed by atoms with Crippen molar-refractivity contribution in [2.75, 3.05) is 102 Å². The largest absolute Gasteiger partial charge is 1.00 e. The van der Waals surface area contributed by atoms with Crippen LogP contribution in [0.3, 0.4) is 0 Å². The number of aryl methyl sites for hydroxylation is 2. The summed E-state index contributed by atoms with van der Waals surface area (Å²) in [4.78, 5) is 49.9. The van der Waals surface area contributed by atoms with Gasteiger partial charge in [-0.2, -0.15) is 35.8 Å². The summed E-state index contributed by atoms with van der Waals surface area (Å²) < 4.78 is 139. The first-order chi connectivity index (χ1) is 61.8. The number of nitrogens with zero attached hydrogens (tertiary/aromatic N) is 9. The van der Waals surface area contributed by atoms with Gasteiger partial charge in [-0.3, -0.25) is 9.59 Å². The maximum atomic E-state index is 12.5. The third-order valence-electron chi connectivity index (χ3n) is 24.9. The standard InChI is InChI=1S/C50H57N3O14S3.C49H58N6S2.4CH4.3Na.O2S/c1-49(2)39-15-7-8-16-41(39)51(31-10-11-32-68(57,58)59)43(49)26-18-34-13-12-14-35(48(34)66-36-20-22-37(23-21-36)69(60,61)62)19-27-44-50(3,4)40-33-38(70(63,64)65)24-25-42(40)52(44)30-9-5-6-17-47(56)67-53-45(54)28-29-46(53)55;1-50-44-22-11-13-24-46(44)56-48(50)36-38-26-30-52(42-20-9-7-18-40(38)42)28-15-32-54(3,4)34-17-35-55(5,6)33-16-29-53-31-27-39(41-19-8-10-21-43(41)53)37-49-51(2)45-23-12-14-25-47(45)57-49;;;;;;;;1-3-2/h8,15-16,18-27,33H,5-6,9-14,17,28-32H2,1-4H3,(H,57,58,59)(H,60,61,62)(H,63,64,65);7-14,18-27,30-31,36-37H,15-17,28-29,32-35H2,1-6H3;4*1H4;;;;/q;+4;;;;;3*+1;/p-3. The molecule has 2 amide bonds. The molecule has 1 fully saturated rings. The second-order valence-electron chi connectivity index (χ2n) is 35.7. The van der Waals surface area contributed by atoms with E-state index in [0.717, 1.165) is 68.7 Å². The maximum Gasteiger partial charge on any atom is 1.00 e. The first-order valence-electron chi connectivity index (χ1n) is 43.8. The Bertz CT molecular complexity index is 6290. The molecule has 25 nitrogen and oxygen atoms in total. The molecule has 6 aliphatic rings. The van der Waals surface area contributed by atoms with E-state index >= 15 is 0 Å². The number of thioether (sulfide) groups is 2. The number of benzene rings is 7. The number of pyridine rings is 2. The van der Waals surface area contributed by atoms with Crippen molar-refractivity contribution in [3.05, 3.63) is 268 Å². The molecule has 1 saturated heterocycles. The first kappa shape index (κ1) is 118. The van der Waals surface area contributed by atoms with Crippen molar-refractivity contribution in [3.8, 4) is 5.75 Å². The summed E-state index contributed by atoms with van der Waals surface area (Å²) in [6.07, 6.45) is 24.5. The van der Waals surface area contributed by atoms with Gasteiger partial charge in [0.25, 0.3) is 11.8 Å². The number of para-hydroxylation sites is 4. The zero-order chi connectivity index (χ0) is 93.1. The number of carbonyl (C=O) groups is 3. The van der Waals surface area contributed by atoms with Gasteiger partial charge in [0.2, 0.25) is 11.0 Å². The van der Waals surface area contributed by atoms with E-state index in [-0.39, 0.29) is 155 Å². The Morgan fingerprint density at radius 3 is 1.59 bits per heavy atom. The SMILES string of the molecule is C.C.C.C.CC1(C)C(=CC=C2CCCC(C=CC3=[N+](CCCCS(=O)(=O)[O-])c4cc[c-]cc4C3(C)C)=C2Oc2ccc(S(=O)(=O)[O-])cc2)N(CCCCCC(=O)ON2C(=O)CCC2=O)c2ccc(S(=O)(=O)[O-])cc21.CN1C(=Cc2cc[n+](CCC[N+](C)(C)CCC[N+](C)(C)CCC[n+]3ccc(C=C4Sc5ccccc5N4C)c4ccccc43)c3ccccc23)Sc2ccccc21.O=S=O.[Na+].[Na+].[Na+]. The number of imide groups is 1. The van der Waals surface area contributed by atoms with Gasteiger partial charge >= 0.3 is 106 Å². The average molecular weight is 2010 g/mol. The Hall–Kier alpha value is -7.55. The summed E-state index contributed by atoms with van der Waals surface area (Å²) in [7, 11) is 0.0712. The molecule has 7 aromatic carbocycles. The molecular weight excluding hydrogens is 1880 g/mol. The van der Waals surface area contributed by atoms with Gasteiger partial charge in [-0.05, 0) is 170 Å². The van der Waals surface area contributed by atoms with Gasteiger partial charge in [-0.1, -0.05) is 148 Å². The minimum absolute atomic E-state index is 0. The van der Waals surface area contributed by atoms with Crippen LogP contribution >= 0.6 is 23.5 Å². The van der Waals surface area contributed by atoms with Crippen molar-refractivity contribution in [2.24, 2.45) is 0 Å². The van der Waals surface area contributed by atoms with E-state index < -0.39 is 81.2 Å². The fourth-order valence-electron chi connectivity index (χ4n) is 17.9. The molecule has 7 heterocycles. The summed E-state index contributed by atoms with van der Waals surface area (Å²) in [6.45, 7) is 15.6. The first-order valence-corrected chi connectivity index (χ1v) is 50.5. The quantitative estimate of drug-likeness (QED) is 0.00703. The van der Waals surface area contributed by atoms with E-state index in [1.54, 1.807) is 6.07 Å². The van der Waals surface area contributed by atoms with Gasteiger partial charge in [-0.15, -0.1) is 11.1 Å². The number of fused-ring (bicyclic) bond motifs is 6. The molecule has 15 rings (SSSR count). The smallest absolute Gasteiger partial charge is 0.748 e. The number of quaternary nitrogens is 2. The summed E-state index contributed by atoms with van der Waals surface area (Å²) in [5, 5.41) is 5.68. The van der Waals surface area contributed by atoms with Crippen LogP contribution in [0.5, 0.6) is 5.75 Å². The Morgan fingerprint density at radius 1 is 0.555 bits per heavy atom. The number of hydrogen-bond acceptors (Lipinski definition) is 21. The minimum Gasteiger partial charge on any atom is -0.748 e. The molecule has 0 bridgehead atoms. The molecule has 5 aliphatic heterocycles. The summed E-state index contributed by atoms with van der Waals surface area (Å²) >= 11 is 2.96. The van der Waals surface area contributed by atoms with Gasteiger partial charge in [0.05, 0.1) is 119 Å². The molecule has 0 atom stereocenters. The second-order valence-corrected chi connectivity index (χ2v) is 42.3. The molecule has 716 valence electrons. The van der Waals surface area contributed by atoms with Gasteiger partial charge in [0.1, 0.15) is 44.0 Å². The normalized spacial score (nSPS) is 16.4. The third-order valence-corrected chi connectivity index (χ3v) is 29.7. The molecular formula is C103H128N9Na3O16S6+4.